The number of fused-ring (bicyclic) bond motifs is 8. The number of nitrogens with zero attached hydrogens (tertiary/aromatic N) is 2. The first kappa shape index (κ1) is 44.1. The Morgan fingerprint density at radius 3 is 0.812 bits per heavy atom. The molecule has 5 heterocycles. The molecule has 8 heteroatoms. The summed E-state index contributed by atoms with van der Waals surface area (Å²) in [5.74, 6) is 4.28. The van der Waals surface area contributed by atoms with E-state index in [0.717, 1.165) is 112 Å². The largest absolute Gasteiger partial charge is 0.354 e. The summed E-state index contributed by atoms with van der Waals surface area (Å²) in [5.41, 5.74) is 22.0. The van der Waals surface area contributed by atoms with Crippen LogP contribution in [-0.2, 0) is 66.6 Å². The van der Waals surface area contributed by atoms with Crippen LogP contribution in [0, 0.1) is 0 Å². The van der Waals surface area contributed by atoms with E-state index in [1.807, 2.05) is 0 Å². The molecule has 2 N–H and O–H groups in total. The van der Waals surface area contributed by atoms with Crippen molar-refractivity contribution in [1.82, 2.24) is 19.9 Å². The Balaban J connectivity index is 1.37. The zero-order valence-electron chi connectivity index (χ0n) is 38.2. The summed E-state index contributed by atoms with van der Waals surface area (Å²) in [6.45, 7) is 0. The van der Waals surface area contributed by atoms with Crippen LogP contribution in [-0.4, -0.2) is 70.0 Å². The van der Waals surface area contributed by atoms with Crippen molar-refractivity contribution in [3.8, 4) is 44.5 Å². The quantitative estimate of drug-likeness (QED) is 0.120. The van der Waals surface area contributed by atoms with Crippen molar-refractivity contribution in [2.24, 2.45) is 0 Å². The van der Waals surface area contributed by atoms with E-state index in [-0.39, 0.29) is 0 Å². The maximum atomic E-state index is 5.55. The van der Waals surface area contributed by atoms with Gasteiger partial charge in [0, 0.05) is 66.6 Å². The standard InChI is InChI=1S/C56H58N4S4/c1-61(2)33-37-9-17-41(18-10-37)53-45-25-27-47(57-45)54(42-19-11-38(12-20-42)34-62(3)4)49-29-31-51(59-49)56(44-23-15-40(16-24-44)36-64(7)8)52-32-30-50(60-52)55(48-28-26-46(53)58-48)43-21-13-39(14-22-43)35-63(5)6/h9-32,57-58H,33-36H2,1-8H3/q+4. The van der Waals surface area contributed by atoms with Gasteiger partial charge in [0.15, 0.2) is 0 Å². The molecule has 9 rings (SSSR count). The second-order valence-electron chi connectivity index (χ2n) is 17.8. The highest BCUT2D eigenvalue weighted by atomic mass is 32.2. The van der Waals surface area contributed by atoms with E-state index in [0.29, 0.717) is 43.6 Å². The summed E-state index contributed by atoms with van der Waals surface area (Å²) in [6.07, 6.45) is 27.2. The molecule has 0 fully saturated rings. The maximum Gasteiger partial charge on any atom is 0.132 e. The van der Waals surface area contributed by atoms with Crippen LogP contribution in [0.25, 0.3) is 90.9 Å². The fraction of sp³-hybridized carbons (Fsp3) is 0.214. The van der Waals surface area contributed by atoms with Crippen LogP contribution in [0.15, 0.2) is 121 Å². The van der Waals surface area contributed by atoms with Crippen LogP contribution >= 0.6 is 0 Å². The minimum atomic E-state index is 0.307. The summed E-state index contributed by atoms with van der Waals surface area (Å²) < 4.78 is 0. The summed E-state index contributed by atoms with van der Waals surface area (Å²) in [6, 6.07) is 45.5. The predicted octanol–water partition coefficient (Wildman–Crippen LogP) is 12.8. The van der Waals surface area contributed by atoms with Gasteiger partial charge in [0.1, 0.15) is 23.0 Å². The molecule has 322 valence electrons. The van der Waals surface area contributed by atoms with E-state index < -0.39 is 0 Å². The number of aromatic amines is 2. The monoisotopic (exact) mass is 914 g/mol. The van der Waals surface area contributed by atoms with E-state index in [4.69, 9.17) is 9.97 Å². The number of hydrogen-bond donors (Lipinski definition) is 2. The molecule has 4 aromatic carbocycles. The van der Waals surface area contributed by atoms with Gasteiger partial charge in [0.25, 0.3) is 0 Å². The van der Waals surface area contributed by atoms with Crippen molar-refractivity contribution in [2.75, 3.05) is 50.0 Å². The van der Waals surface area contributed by atoms with Crippen LogP contribution in [0.5, 0.6) is 0 Å². The lowest BCUT2D eigenvalue weighted by Gasteiger charge is -2.08. The zero-order chi connectivity index (χ0) is 44.5. The SMILES string of the molecule is C[S+](C)Cc1ccc(-c2c3nc(c(-c4ccc(C[S+](C)C)cc4)c4ccc([nH]4)c(-c4ccc(C[S+](C)C)cc4)c4ccc([nH]4)c(-c4ccc(C[S+](C)C)cc4)c4nc2C=C4)C=C3)cc1. The molecule has 2 aliphatic heterocycles. The topological polar surface area (TPSA) is 57.4 Å². The first-order valence-corrected chi connectivity index (χ1v) is 30.5. The lowest BCUT2D eigenvalue weighted by Crippen LogP contribution is -1.99. The molecule has 0 saturated carbocycles. The molecule has 0 saturated heterocycles. The highest BCUT2D eigenvalue weighted by molar-refractivity contribution is 7.95. The molecular weight excluding hydrogens is 857 g/mol. The van der Waals surface area contributed by atoms with Crippen LogP contribution in [0.1, 0.15) is 45.0 Å². The molecule has 0 unspecified atom stereocenters. The minimum Gasteiger partial charge on any atom is -0.354 e. The lowest BCUT2D eigenvalue weighted by atomic mass is 10.0. The molecule has 4 nitrogen and oxygen atoms in total. The van der Waals surface area contributed by atoms with E-state index in [9.17, 15) is 0 Å². The fourth-order valence-corrected chi connectivity index (χ4v) is 12.3. The molecule has 7 aromatic rings. The first-order valence-electron chi connectivity index (χ1n) is 21.7. The Labute approximate surface area is 391 Å². The summed E-state index contributed by atoms with van der Waals surface area (Å²) >= 11 is 0. The summed E-state index contributed by atoms with van der Waals surface area (Å²) in [4.78, 5) is 19.0. The Hall–Kier alpha value is -5.12. The molecule has 0 amide bonds. The van der Waals surface area contributed by atoms with Crippen molar-refractivity contribution < 1.29 is 0 Å². The van der Waals surface area contributed by atoms with Gasteiger partial charge in [-0.1, -0.05) is 97.1 Å². The summed E-state index contributed by atoms with van der Waals surface area (Å²) in [7, 11) is 1.24. The summed E-state index contributed by atoms with van der Waals surface area (Å²) in [5, 5.41) is 0. The van der Waals surface area contributed by atoms with Gasteiger partial charge in [-0.25, -0.2) is 9.97 Å². The third kappa shape index (κ3) is 9.76. The fourth-order valence-electron chi connectivity index (χ4n) is 8.82. The molecule has 0 spiro atoms. The predicted molar refractivity (Wildman–Crippen MR) is 292 cm³/mol. The lowest BCUT2D eigenvalue weighted by molar-refractivity contribution is 1.27. The van der Waals surface area contributed by atoms with Gasteiger partial charge < -0.3 is 9.97 Å². The van der Waals surface area contributed by atoms with E-state index in [1.165, 1.54) is 22.3 Å². The van der Waals surface area contributed by atoms with Gasteiger partial charge >= 0.3 is 0 Å². The Kier molecular flexibility index (Phi) is 13.2. The molecule has 64 heavy (non-hydrogen) atoms. The molecule has 3 aromatic heterocycles. The van der Waals surface area contributed by atoms with Crippen LogP contribution in [0.4, 0.5) is 0 Å². The van der Waals surface area contributed by atoms with Crippen molar-refractivity contribution >= 4 is 90.0 Å². The maximum absolute atomic E-state index is 5.55. The Bertz CT molecular complexity index is 2870. The molecular formula is C56H58N4S4+4. The van der Waals surface area contributed by atoms with Crippen LogP contribution in [0.3, 0.4) is 0 Å². The Morgan fingerprint density at radius 2 is 0.531 bits per heavy atom. The van der Waals surface area contributed by atoms with E-state index in [1.54, 1.807) is 0 Å². The van der Waals surface area contributed by atoms with Gasteiger partial charge in [-0.2, -0.15) is 0 Å². The molecule has 0 atom stereocenters. The van der Waals surface area contributed by atoms with Crippen molar-refractivity contribution in [3.05, 3.63) is 166 Å². The van der Waals surface area contributed by atoms with Gasteiger partial charge in [-0.05, 0) is 114 Å². The first-order chi connectivity index (χ1) is 30.9. The van der Waals surface area contributed by atoms with Gasteiger partial charge in [-0.3, -0.25) is 0 Å². The normalized spacial score (nSPS) is 12.4. The molecule has 2 aliphatic rings. The van der Waals surface area contributed by atoms with Crippen LogP contribution in [0.2, 0.25) is 0 Å². The Morgan fingerprint density at radius 1 is 0.297 bits per heavy atom. The van der Waals surface area contributed by atoms with E-state index >= 15 is 0 Å². The van der Waals surface area contributed by atoms with E-state index in [2.05, 4.69) is 206 Å². The highest BCUT2D eigenvalue weighted by Crippen LogP contribution is 2.39. The number of rotatable bonds is 12. The second-order valence-corrected chi connectivity index (χ2v) is 26.8. The van der Waals surface area contributed by atoms with Crippen molar-refractivity contribution in [1.29, 1.82) is 0 Å². The third-order valence-corrected chi connectivity index (χ3v) is 15.2. The molecule has 0 aliphatic carbocycles. The minimum absolute atomic E-state index is 0.307. The zero-order valence-corrected chi connectivity index (χ0v) is 41.5. The van der Waals surface area contributed by atoms with Gasteiger partial charge in [0.2, 0.25) is 0 Å². The second kappa shape index (κ2) is 19.2. The number of H-pyrrole nitrogens is 2. The van der Waals surface area contributed by atoms with Gasteiger partial charge in [0.05, 0.1) is 72.8 Å². The van der Waals surface area contributed by atoms with Crippen LogP contribution < -0.4 is 0 Å². The average Bonchev–Trinajstić information content (AvgIpc) is 4.11. The molecule has 8 bridgehead atoms. The number of benzene rings is 4. The van der Waals surface area contributed by atoms with Gasteiger partial charge in [-0.15, -0.1) is 0 Å². The number of hydrogen-bond acceptors (Lipinski definition) is 2. The smallest absolute Gasteiger partial charge is 0.132 e. The highest BCUT2D eigenvalue weighted by Gasteiger charge is 2.21. The number of aromatic nitrogens is 4. The van der Waals surface area contributed by atoms with Crippen molar-refractivity contribution in [2.45, 2.75) is 23.0 Å². The third-order valence-electron chi connectivity index (χ3n) is 11.5. The average molecular weight is 915 g/mol. The number of nitrogens with one attached hydrogen (secondary N) is 2. The molecule has 0 radical (unpaired) electrons. The van der Waals surface area contributed by atoms with Crippen molar-refractivity contribution in [3.63, 3.8) is 0 Å².